The van der Waals surface area contributed by atoms with E-state index in [1.165, 1.54) is 12.1 Å². The third-order valence-corrected chi connectivity index (χ3v) is 5.16. The number of hydrogen-bond acceptors (Lipinski definition) is 3. The van der Waals surface area contributed by atoms with Crippen LogP contribution in [0.25, 0.3) is 11.3 Å². The standard InChI is InChI=1S/C16H14ClN3O2S/c1-11-5-6-14(8-15(11)17)23(21,22)20-13-4-2-3-12(7-13)16-9-18-10-19-16/h2-10,20H,1H3,(H,18,19). The first kappa shape index (κ1) is 15.6. The van der Waals surface area contributed by atoms with Gasteiger partial charge in [-0.25, -0.2) is 13.4 Å². The zero-order valence-electron chi connectivity index (χ0n) is 12.2. The summed E-state index contributed by atoms with van der Waals surface area (Å²) in [5.41, 5.74) is 2.94. The van der Waals surface area contributed by atoms with E-state index < -0.39 is 10.0 Å². The number of hydrogen-bond donors (Lipinski definition) is 2. The van der Waals surface area contributed by atoms with Gasteiger partial charge >= 0.3 is 0 Å². The van der Waals surface area contributed by atoms with Gasteiger partial charge < -0.3 is 4.98 Å². The number of nitrogens with zero attached hydrogens (tertiary/aromatic N) is 1. The second-order valence-corrected chi connectivity index (χ2v) is 7.15. The first-order valence-corrected chi connectivity index (χ1v) is 8.69. The quantitative estimate of drug-likeness (QED) is 0.753. The fourth-order valence-electron chi connectivity index (χ4n) is 2.12. The van der Waals surface area contributed by atoms with E-state index in [9.17, 15) is 8.42 Å². The zero-order valence-corrected chi connectivity index (χ0v) is 13.8. The Kier molecular flexibility index (Phi) is 4.11. The SMILES string of the molecule is Cc1ccc(S(=O)(=O)Nc2cccc(-c3cnc[nH]3)c2)cc1Cl. The van der Waals surface area contributed by atoms with Gasteiger partial charge in [0, 0.05) is 16.3 Å². The molecule has 5 nitrogen and oxygen atoms in total. The van der Waals surface area contributed by atoms with Gasteiger partial charge in [-0.1, -0.05) is 29.8 Å². The van der Waals surface area contributed by atoms with Gasteiger partial charge in [-0.05, 0) is 36.8 Å². The maximum Gasteiger partial charge on any atom is 0.261 e. The number of H-pyrrole nitrogens is 1. The highest BCUT2D eigenvalue weighted by atomic mass is 35.5. The molecule has 0 fully saturated rings. The van der Waals surface area contributed by atoms with Crippen LogP contribution in [0.3, 0.4) is 0 Å². The van der Waals surface area contributed by atoms with Crippen molar-refractivity contribution in [3.63, 3.8) is 0 Å². The van der Waals surface area contributed by atoms with Crippen molar-refractivity contribution in [1.82, 2.24) is 9.97 Å². The number of aromatic nitrogens is 2. The molecule has 0 atom stereocenters. The van der Waals surface area contributed by atoms with Crippen molar-refractivity contribution in [2.75, 3.05) is 4.72 Å². The predicted octanol–water partition coefficient (Wildman–Crippen LogP) is 3.84. The maximum atomic E-state index is 12.5. The molecule has 1 heterocycles. The number of imidazole rings is 1. The molecule has 0 saturated carbocycles. The summed E-state index contributed by atoms with van der Waals surface area (Å²) < 4.78 is 27.5. The molecule has 0 aliphatic carbocycles. The molecule has 0 unspecified atom stereocenters. The van der Waals surface area contributed by atoms with Crippen molar-refractivity contribution in [1.29, 1.82) is 0 Å². The van der Waals surface area contributed by atoms with Crippen LogP contribution >= 0.6 is 11.6 Å². The minimum atomic E-state index is -3.70. The lowest BCUT2D eigenvalue weighted by atomic mass is 10.1. The first-order valence-electron chi connectivity index (χ1n) is 6.83. The minimum absolute atomic E-state index is 0.125. The van der Waals surface area contributed by atoms with Gasteiger partial charge in [0.2, 0.25) is 0 Å². The van der Waals surface area contributed by atoms with Crippen molar-refractivity contribution in [3.8, 4) is 11.3 Å². The van der Waals surface area contributed by atoms with Crippen molar-refractivity contribution in [2.45, 2.75) is 11.8 Å². The molecule has 0 radical (unpaired) electrons. The fraction of sp³-hybridized carbons (Fsp3) is 0.0625. The Bertz CT molecular complexity index is 938. The number of benzene rings is 2. The largest absolute Gasteiger partial charge is 0.345 e. The molecule has 0 saturated heterocycles. The summed E-state index contributed by atoms with van der Waals surface area (Å²) in [4.78, 5) is 7.07. The van der Waals surface area contributed by atoms with Crippen LogP contribution in [-0.4, -0.2) is 18.4 Å². The van der Waals surface area contributed by atoms with Gasteiger partial charge in [0.25, 0.3) is 10.0 Å². The smallest absolute Gasteiger partial charge is 0.261 e. The Morgan fingerprint density at radius 3 is 2.70 bits per heavy atom. The summed E-state index contributed by atoms with van der Waals surface area (Å²) in [6.45, 7) is 1.82. The van der Waals surface area contributed by atoms with Crippen molar-refractivity contribution < 1.29 is 8.42 Å². The lowest BCUT2D eigenvalue weighted by Gasteiger charge is -2.10. The van der Waals surface area contributed by atoms with E-state index >= 15 is 0 Å². The summed E-state index contributed by atoms with van der Waals surface area (Å²) in [6, 6.07) is 11.7. The molecule has 118 valence electrons. The fourth-order valence-corrected chi connectivity index (χ4v) is 3.44. The van der Waals surface area contributed by atoms with E-state index in [-0.39, 0.29) is 4.90 Å². The van der Waals surface area contributed by atoms with E-state index in [1.807, 2.05) is 13.0 Å². The molecular weight excluding hydrogens is 334 g/mol. The zero-order chi connectivity index (χ0) is 16.4. The summed E-state index contributed by atoms with van der Waals surface area (Å²) in [6.07, 6.45) is 3.24. The number of aromatic amines is 1. The maximum absolute atomic E-state index is 12.5. The molecule has 3 rings (SSSR count). The summed E-state index contributed by atoms with van der Waals surface area (Å²) in [7, 11) is -3.70. The average Bonchev–Trinajstić information content (AvgIpc) is 3.04. The molecule has 0 aliphatic rings. The van der Waals surface area contributed by atoms with E-state index in [0.29, 0.717) is 10.7 Å². The second kappa shape index (κ2) is 6.06. The van der Waals surface area contributed by atoms with Gasteiger partial charge in [-0.15, -0.1) is 0 Å². The number of halogens is 1. The van der Waals surface area contributed by atoms with Gasteiger partial charge in [0.15, 0.2) is 0 Å². The number of rotatable bonds is 4. The van der Waals surface area contributed by atoms with Crippen molar-refractivity contribution in [3.05, 3.63) is 65.6 Å². The molecule has 0 aliphatic heterocycles. The van der Waals surface area contributed by atoms with Gasteiger partial charge in [-0.2, -0.15) is 0 Å². The van der Waals surface area contributed by atoms with E-state index in [2.05, 4.69) is 14.7 Å². The highest BCUT2D eigenvalue weighted by molar-refractivity contribution is 7.92. The summed E-state index contributed by atoms with van der Waals surface area (Å²) >= 11 is 6.01. The van der Waals surface area contributed by atoms with Crippen LogP contribution in [0.4, 0.5) is 5.69 Å². The summed E-state index contributed by atoms with van der Waals surface area (Å²) in [5.74, 6) is 0. The van der Waals surface area contributed by atoms with Crippen LogP contribution < -0.4 is 4.72 Å². The van der Waals surface area contributed by atoms with Crippen LogP contribution in [0.1, 0.15) is 5.56 Å². The molecule has 23 heavy (non-hydrogen) atoms. The van der Waals surface area contributed by atoms with Crippen molar-refractivity contribution in [2.24, 2.45) is 0 Å². The van der Waals surface area contributed by atoms with E-state index in [0.717, 1.165) is 16.8 Å². The Balaban J connectivity index is 1.91. The van der Waals surface area contributed by atoms with E-state index in [4.69, 9.17) is 11.6 Å². The molecule has 0 bridgehead atoms. The topological polar surface area (TPSA) is 74.8 Å². The summed E-state index contributed by atoms with van der Waals surface area (Å²) in [5, 5.41) is 0.416. The molecule has 0 amide bonds. The Morgan fingerprint density at radius 2 is 2.00 bits per heavy atom. The monoisotopic (exact) mass is 347 g/mol. The molecule has 0 spiro atoms. The van der Waals surface area contributed by atoms with Crippen LogP contribution in [0.15, 0.2) is 59.9 Å². The van der Waals surface area contributed by atoms with Gasteiger partial charge in [0.1, 0.15) is 0 Å². The average molecular weight is 348 g/mol. The Hall–Kier alpha value is -2.31. The lowest BCUT2D eigenvalue weighted by Crippen LogP contribution is -2.13. The molecule has 1 aromatic heterocycles. The second-order valence-electron chi connectivity index (χ2n) is 5.06. The molecule has 2 N–H and O–H groups in total. The predicted molar refractivity (Wildman–Crippen MR) is 91.0 cm³/mol. The third-order valence-electron chi connectivity index (χ3n) is 3.38. The normalized spacial score (nSPS) is 11.4. The Labute approximate surface area is 139 Å². The number of anilines is 1. The minimum Gasteiger partial charge on any atom is -0.345 e. The molecule has 7 heteroatoms. The van der Waals surface area contributed by atoms with Crippen LogP contribution in [0.2, 0.25) is 5.02 Å². The van der Waals surface area contributed by atoms with E-state index in [1.54, 1.807) is 36.8 Å². The number of nitrogens with one attached hydrogen (secondary N) is 2. The molecule has 3 aromatic rings. The van der Waals surface area contributed by atoms with Gasteiger partial charge in [-0.3, -0.25) is 4.72 Å². The highest BCUT2D eigenvalue weighted by Gasteiger charge is 2.15. The van der Waals surface area contributed by atoms with Crippen LogP contribution in [0.5, 0.6) is 0 Å². The third kappa shape index (κ3) is 3.38. The van der Waals surface area contributed by atoms with Gasteiger partial charge in [0.05, 0.1) is 23.1 Å². The Morgan fingerprint density at radius 1 is 1.17 bits per heavy atom. The van der Waals surface area contributed by atoms with Crippen LogP contribution in [0, 0.1) is 6.92 Å². The molecule has 2 aromatic carbocycles. The number of sulfonamides is 1. The number of aryl methyl sites for hydroxylation is 1. The highest BCUT2D eigenvalue weighted by Crippen LogP contribution is 2.24. The molecular formula is C16H14ClN3O2S. The lowest BCUT2D eigenvalue weighted by molar-refractivity contribution is 0.601. The van der Waals surface area contributed by atoms with Crippen LogP contribution in [-0.2, 0) is 10.0 Å². The van der Waals surface area contributed by atoms with Crippen molar-refractivity contribution >= 4 is 27.3 Å². The first-order chi connectivity index (χ1) is 11.0.